The van der Waals surface area contributed by atoms with Gasteiger partial charge >= 0.3 is 12.1 Å². The molecule has 1 amide bonds. The third kappa shape index (κ3) is 4.42. The number of carbonyl (C=O) groups is 2. The van der Waals surface area contributed by atoms with E-state index in [-0.39, 0.29) is 16.5 Å². The average Bonchev–Trinajstić information content (AvgIpc) is 3.24. The van der Waals surface area contributed by atoms with Crippen molar-refractivity contribution in [2.45, 2.75) is 35.2 Å². The predicted molar refractivity (Wildman–Crippen MR) is 138 cm³/mol. The molecule has 2 bridgehead atoms. The highest BCUT2D eigenvalue weighted by Gasteiger charge is 2.71. The van der Waals surface area contributed by atoms with Crippen LogP contribution in [0.2, 0.25) is 0 Å². The number of hydrogen-bond acceptors (Lipinski definition) is 3. The van der Waals surface area contributed by atoms with Crippen LogP contribution in [0.25, 0.3) is 22.0 Å². The Bertz CT molecular complexity index is 1640. The third-order valence-electron chi connectivity index (χ3n) is 7.84. The summed E-state index contributed by atoms with van der Waals surface area (Å²) in [6, 6.07) is 10.8. The SMILES string of the molecule is O=C(NCC12CC(C(=O)O)(C1)C2)c1ccc(-c2cc(F)cc(F)c2)c2[nH]cc(Sc3ccc(C(F)(F)F)cc3)c12. The van der Waals surface area contributed by atoms with Gasteiger partial charge in [-0.1, -0.05) is 17.8 Å². The molecule has 7 rings (SSSR count). The Morgan fingerprint density at radius 1 is 0.975 bits per heavy atom. The Morgan fingerprint density at radius 2 is 1.62 bits per heavy atom. The lowest BCUT2D eigenvalue weighted by molar-refractivity contribution is -0.219. The second kappa shape index (κ2) is 9.09. The van der Waals surface area contributed by atoms with Crippen LogP contribution >= 0.6 is 11.8 Å². The monoisotopic (exact) mass is 572 g/mol. The first-order chi connectivity index (χ1) is 18.9. The number of carbonyl (C=O) groups excluding carboxylic acids is 1. The van der Waals surface area contributed by atoms with Crippen molar-refractivity contribution in [3.8, 4) is 11.1 Å². The topological polar surface area (TPSA) is 82.2 Å². The second-order valence-electron chi connectivity index (χ2n) is 10.6. The van der Waals surface area contributed by atoms with Gasteiger partial charge in [-0.15, -0.1) is 0 Å². The minimum atomic E-state index is -4.48. The number of H-pyrrole nitrogens is 1. The first kappa shape index (κ1) is 26.4. The zero-order valence-corrected chi connectivity index (χ0v) is 21.5. The van der Waals surface area contributed by atoms with Crippen molar-refractivity contribution in [1.29, 1.82) is 0 Å². The Kier molecular flexibility index (Phi) is 5.99. The van der Waals surface area contributed by atoms with Crippen LogP contribution in [-0.2, 0) is 11.0 Å². The largest absolute Gasteiger partial charge is 0.481 e. The molecule has 0 spiro atoms. The Morgan fingerprint density at radius 3 is 2.23 bits per heavy atom. The average molecular weight is 573 g/mol. The van der Waals surface area contributed by atoms with Crippen molar-refractivity contribution in [1.82, 2.24) is 10.3 Å². The number of halogens is 5. The number of nitrogens with one attached hydrogen (secondary N) is 2. The molecule has 1 heterocycles. The number of aliphatic carboxylic acids is 1. The highest BCUT2D eigenvalue weighted by atomic mass is 32.2. The minimum absolute atomic E-state index is 0.234. The van der Waals surface area contributed by atoms with Gasteiger partial charge in [-0.05, 0) is 72.7 Å². The molecule has 0 unspecified atom stereocenters. The van der Waals surface area contributed by atoms with Crippen LogP contribution in [0.15, 0.2) is 70.6 Å². The molecule has 3 N–H and O–H groups in total. The predicted octanol–water partition coefficient (Wildman–Crippen LogP) is 7.27. The quantitative estimate of drug-likeness (QED) is 0.204. The van der Waals surface area contributed by atoms with Crippen LogP contribution in [0, 0.1) is 22.5 Å². The van der Waals surface area contributed by atoms with Crippen LogP contribution in [0.3, 0.4) is 0 Å². The molecule has 3 aromatic carbocycles. The molecular formula is C29H21F5N2O3S. The van der Waals surface area contributed by atoms with Gasteiger partial charge in [-0.25, -0.2) is 8.78 Å². The van der Waals surface area contributed by atoms with Gasteiger partial charge in [0.15, 0.2) is 0 Å². The Balaban J connectivity index is 1.35. The molecule has 3 aliphatic carbocycles. The molecule has 3 fully saturated rings. The third-order valence-corrected chi connectivity index (χ3v) is 8.89. The normalized spacial score (nSPS) is 21.5. The van der Waals surface area contributed by atoms with E-state index in [4.69, 9.17) is 0 Å². The van der Waals surface area contributed by atoms with Crippen LogP contribution < -0.4 is 5.32 Å². The molecule has 0 aliphatic heterocycles. The van der Waals surface area contributed by atoms with Crippen molar-refractivity contribution in [3.05, 3.63) is 83.6 Å². The molecule has 11 heteroatoms. The zero-order chi connectivity index (χ0) is 28.4. The lowest BCUT2D eigenvalue weighted by Gasteiger charge is -2.68. The zero-order valence-electron chi connectivity index (χ0n) is 20.7. The van der Waals surface area contributed by atoms with E-state index in [2.05, 4.69) is 10.3 Å². The van der Waals surface area contributed by atoms with Crippen LogP contribution in [0.1, 0.15) is 35.2 Å². The van der Waals surface area contributed by atoms with Gasteiger partial charge in [0.25, 0.3) is 5.91 Å². The van der Waals surface area contributed by atoms with Gasteiger partial charge in [0.2, 0.25) is 0 Å². The number of fused-ring (bicyclic) bond motifs is 1. The fraction of sp³-hybridized carbons (Fsp3) is 0.241. The molecule has 1 aromatic heterocycles. The number of rotatable bonds is 7. The number of hydrogen-bond donors (Lipinski definition) is 3. The van der Waals surface area contributed by atoms with Crippen molar-refractivity contribution in [2.24, 2.45) is 10.8 Å². The summed E-state index contributed by atoms with van der Waals surface area (Å²) in [4.78, 5) is 28.9. The summed E-state index contributed by atoms with van der Waals surface area (Å²) in [5.74, 6) is -2.77. The summed E-state index contributed by atoms with van der Waals surface area (Å²) in [6.07, 6.45) is -1.35. The minimum Gasteiger partial charge on any atom is -0.481 e. The van der Waals surface area contributed by atoms with Crippen molar-refractivity contribution in [2.75, 3.05) is 6.54 Å². The molecule has 3 saturated carbocycles. The smallest absolute Gasteiger partial charge is 0.416 e. The lowest BCUT2D eigenvalue weighted by Crippen LogP contribution is -2.68. The highest BCUT2D eigenvalue weighted by Crippen LogP contribution is 2.73. The maximum absolute atomic E-state index is 14.0. The van der Waals surface area contributed by atoms with E-state index in [1.165, 1.54) is 24.3 Å². The number of carboxylic acid groups (broad SMARTS) is 1. The van der Waals surface area contributed by atoms with Crippen molar-refractivity contribution in [3.63, 3.8) is 0 Å². The molecule has 0 atom stereocenters. The summed E-state index contributed by atoms with van der Waals surface area (Å²) >= 11 is 1.14. The summed E-state index contributed by atoms with van der Waals surface area (Å²) in [5, 5.41) is 12.7. The molecule has 5 nitrogen and oxygen atoms in total. The standard InChI is InChI=1S/C29H21F5N2O3S/c30-17-7-15(8-18(31)9-17)20-5-6-21(25(37)36-14-27-11-28(12-27,13-27)26(38)39)23-22(10-35-24(20)23)40-19-3-1-16(2-4-19)29(32,33)34/h1-10,35H,11-14H2,(H,36,37)(H,38,39). The second-order valence-corrected chi connectivity index (χ2v) is 11.8. The number of carboxylic acids is 1. The Hall–Kier alpha value is -3.86. The molecule has 0 saturated heterocycles. The maximum Gasteiger partial charge on any atom is 0.416 e. The van der Waals surface area contributed by atoms with Gasteiger partial charge in [-0.2, -0.15) is 13.2 Å². The number of benzene rings is 3. The number of amides is 1. The number of alkyl halides is 3. The van der Waals surface area contributed by atoms with Gasteiger partial charge in [0, 0.05) is 45.1 Å². The van der Waals surface area contributed by atoms with E-state index in [9.17, 15) is 36.6 Å². The van der Waals surface area contributed by atoms with E-state index < -0.39 is 40.7 Å². The van der Waals surface area contributed by atoms with Crippen LogP contribution in [-0.4, -0.2) is 28.5 Å². The van der Waals surface area contributed by atoms with Crippen molar-refractivity contribution >= 4 is 34.5 Å². The molecule has 4 aromatic rings. The highest BCUT2D eigenvalue weighted by molar-refractivity contribution is 7.99. The molecule has 40 heavy (non-hydrogen) atoms. The summed E-state index contributed by atoms with van der Waals surface area (Å²) < 4.78 is 67.1. The van der Waals surface area contributed by atoms with Gasteiger partial charge in [0.05, 0.1) is 16.5 Å². The van der Waals surface area contributed by atoms with E-state index in [1.807, 2.05) is 0 Å². The van der Waals surface area contributed by atoms with Gasteiger partial charge in [-0.3, -0.25) is 9.59 Å². The van der Waals surface area contributed by atoms with E-state index >= 15 is 0 Å². The molecule has 206 valence electrons. The fourth-order valence-electron chi connectivity index (χ4n) is 6.05. The van der Waals surface area contributed by atoms with Gasteiger partial charge in [0.1, 0.15) is 11.6 Å². The molecular weight excluding hydrogens is 551 g/mol. The molecule has 3 aliphatic rings. The van der Waals surface area contributed by atoms with Crippen LogP contribution in [0.5, 0.6) is 0 Å². The maximum atomic E-state index is 14.0. The summed E-state index contributed by atoms with van der Waals surface area (Å²) in [6.45, 7) is 0.311. The van der Waals surface area contributed by atoms with Crippen molar-refractivity contribution < 1.29 is 36.6 Å². The number of aromatic amines is 1. The Labute approximate surface area is 228 Å². The molecule has 0 radical (unpaired) electrons. The first-order valence-corrected chi connectivity index (χ1v) is 13.2. The van der Waals surface area contributed by atoms with E-state index in [1.54, 1.807) is 18.3 Å². The lowest BCUT2D eigenvalue weighted by atomic mass is 9.35. The summed E-state index contributed by atoms with van der Waals surface area (Å²) in [7, 11) is 0. The fourth-order valence-corrected chi connectivity index (χ4v) is 7.01. The van der Waals surface area contributed by atoms with Crippen LogP contribution in [0.4, 0.5) is 22.0 Å². The van der Waals surface area contributed by atoms with E-state index in [0.29, 0.717) is 52.1 Å². The van der Waals surface area contributed by atoms with E-state index in [0.717, 1.165) is 30.0 Å². The van der Waals surface area contributed by atoms with Gasteiger partial charge < -0.3 is 15.4 Å². The summed E-state index contributed by atoms with van der Waals surface area (Å²) in [5.41, 5.74) is -0.311. The first-order valence-electron chi connectivity index (χ1n) is 12.4. The number of aromatic nitrogens is 1.